The van der Waals surface area contributed by atoms with Crippen molar-refractivity contribution in [3.63, 3.8) is 0 Å². The van der Waals surface area contributed by atoms with Gasteiger partial charge < -0.3 is 11.1 Å². The Morgan fingerprint density at radius 2 is 2.21 bits per heavy atom. The lowest BCUT2D eigenvalue weighted by Crippen LogP contribution is -2.37. The first-order valence-electron chi connectivity index (χ1n) is 8.09. The van der Waals surface area contributed by atoms with Crippen LogP contribution in [0.5, 0.6) is 0 Å². The number of thiazole rings is 1. The molecule has 1 aliphatic rings. The fourth-order valence-electron chi connectivity index (χ4n) is 3.01. The molecular formula is C17H21ClN4OS. The van der Waals surface area contributed by atoms with Gasteiger partial charge in [0.25, 0.3) is 5.91 Å². The molecule has 24 heavy (non-hydrogen) atoms. The highest BCUT2D eigenvalue weighted by Gasteiger charge is 2.24. The Balaban J connectivity index is 1.70. The average molecular weight is 365 g/mol. The highest BCUT2D eigenvalue weighted by atomic mass is 35.5. The minimum Gasteiger partial charge on any atom is -0.349 e. The Bertz CT molecular complexity index is 699. The van der Waals surface area contributed by atoms with Crippen LogP contribution in [0.25, 0.3) is 0 Å². The molecule has 0 saturated carbocycles. The lowest BCUT2D eigenvalue weighted by molar-refractivity contribution is 0.0933. The molecule has 2 heterocycles. The highest BCUT2D eigenvalue weighted by Crippen LogP contribution is 2.26. The summed E-state index contributed by atoms with van der Waals surface area (Å²) in [6.45, 7) is 2.98. The van der Waals surface area contributed by atoms with Crippen LogP contribution in [0.1, 0.15) is 39.9 Å². The second-order valence-corrected chi connectivity index (χ2v) is 7.23. The van der Waals surface area contributed by atoms with E-state index in [-0.39, 0.29) is 11.9 Å². The number of halogens is 1. The van der Waals surface area contributed by atoms with E-state index in [4.69, 9.17) is 17.3 Å². The molecular weight excluding hydrogens is 344 g/mol. The summed E-state index contributed by atoms with van der Waals surface area (Å²) >= 11 is 7.56. The summed E-state index contributed by atoms with van der Waals surface area (Å²) in [5, 5.41) is 6.25. The van der Waals surface area contributed by atoms with Gasteiger partial charge in [-0.1, -0.05) is 23.7 Å². The van der Waals surface area contributed by atoms with Crippen LogP contribution in [0, 0.1) is 0 Å². The van der Waals surface area contributed by atoms with E-state index in [2.05, 4.69) is 21.3 Å². The van der Waals surface area contributed by atoms with E-state index in [9.17, 15) is 4.79 Å². The number of aromatic nitrogens is 1. The van der Waals surface area contributed by atoms with Crippen LogP contribution in [-0.4, -0.2) is 35.4 Å². The maximum Gasteiger partial charge on any atom is 0.270 e. The smallest absolute Gasteiger partial charge is 0.270 e. The molecule has 5 nitrogen and oxygen atoms in total. The summed E-state index contributed by atoms with van der Waals surface area (Å²) in [5.74, 6) is -0.155. The normalized spacial score (nSPS) is 16.2. The van der Waals surface area contributed by atoms with Crippen molar-refractivity contribution >= 4 is 28.8 Å². The van der Waals surface area contributed by atoms with Gasteiger partial charge in [0.05, 0.1) is 6.04 Å². The number of likely N-dealkylation sites (tertiary alicyclic amines) is 1. The number of rotatable bonds is 6. The molecule has 2 aromatic rings. The number of nitrogens with two attached hydrogens (primary N) is 1. The van der Waals surface area contributed by atoms with Gasteiger partial charge in [-0.3, -0.25) is 9.69 Å². The number of carbonyl (C=O) groups is 1. The van der Waals surface area contributed by atoms with Gasteiger partial charge in [-0.15, -0.1) is 11.3 Å². The van der Waals surface area contributed by atoms with E-state index in [1.807, 2.05) is 18.2 Å². The summed E-state index contributed by atoms with van der Waals surface area (Å²) in [6, 6.07) is 8.00. The average Bonchev–Trinajstić information content (AvgIpc) is 3.27. The van der Waals surface area contributed by atoms with Gasteiger partial charge in [-0.2, -0.15) is 0 Å². The number of carbonyl (C=O) groups excluding carboxylic acids is 1. The lowest BCUT2D eigenvalue weighted by atomic mass is 10.1. The number of hydrogen-bond acceptors (Lipinski definition) is 5. The summed E-state index contributed by atoms with van der Waals surface area (Å²) in [5.41, 5.74) is 7.12. The predicted octanol–water partition coefficient (Wildman–Crippen LogP) is 2.82. The lowest BCUT2D eigenvalue weighted by Gasteiger charge is -2.28. The van der Waals surface area contributed by atoms with Crippen LogP contribution in [0.15, 0.2) is 29.6 Å². The molecule has 1 atom stereocenters. The molecule has 0 aliphatic carbocycles. The Morgan fingerprint density at radius 1 is 1.42 bits per heavy atom. The van der Waals surface area contributed by atoms with Gasteiger partial charge in [0.2, 0.25) is 0 Å². The Morgan fingerprint density at radius 3 is 2.88 bits per heavy atom. The third-order valence-corrected chi connectivity index (χ3v) is 5.34. The Kier molecular flexibility index (Phi) is 5.84. The SMILES string of the molecule is NCc1nc(C(=O)NCC(c2cccc(Cl)c2)N2CCCC2)cs1. The zero-order chi connectivity index (χ0) is 16.9. The van der Waals surface area contributed by atoms with Gasteiger partial charge in [-0.05, 0) is 43.6 Å². The van der Waals surface area contributed by atoms with E-state index in [0.717, 1.165) is 28.7 Å². The quantitative estimate of drug-likeness (QED) is 0.826. The Labute approximate surface area is 150 Å². The van der Waals surface area contributed by atoms with Crippen molar-refractivity contribution in [2.24, 2.45) is 5.73 Å². The number of benzene rings is 1. The second kappa shape index (κ2) is 8.07. The summed E-state index contributed by atoms with van der Waals surface area (Å²) in [7, 11) is 0. The van der Waals surface area contributed by atoms with E-state index in [1.54, 1.807) is 5.38 Å². The first-order valence-corrected chi connectivity index (χ1v) is 9.35. The van der Waals surface area contributed by atoms with E-state index in [1.165, 1.54) is 24.2 Å². The van der Waals surface area contributed by atoms with Crippen molar-refractivity contribution < 1.29 is 4.79 Å². The van der Waals surface area contributed by atoms with Gasteiger partial charge in [-0.25, -0.2) is 4.98 Å². The molecule has 0 radical (unpaired) electrons. The molecule has 7 heteroatoms. The first kappa shape index (κ1) is 17.4. The van der Waals surface area contributed by atoms with Crippen LogP contribution < -0.4 is 11.1 Å². The zero-order valence-electron chi connectivity index (χ0n) is 13.4. The molecule has 128 valence electrons. The summed E-state index contributed by atoms with van der Waals surface area (Å²) in [4.78, 5) is 19.0. The molecule has 1 aliphatic heterocycles. The molecule has 3 N–H and O–H groups in total. The van der Waals surface area contributed by atoms with Crippen LogP contribution in [0.4, 0.5) is 0 Å². The zero-order valence-corrected chi connectivity index (χ0v) is 14.9. The monoisotopic (exact) mass is 364 g/mol. The van der Waals surface area contributed by atoms with Crippen LogP contribution in [0.3, 0.4) is 0 Å². The van der Waals surface area contributed by atoms with Crippen molar-refractivity contribution in [2.75, 3.05) is 19.6 Å². The fraction of sp³-hybridized carbons (Fsp3) is 0.412. The summed E-state index contributed by atoms with van der Waals surface area (Å²) < 4.78 is 0. The van der Waals surface area contributed by atoms with Crippen molar-refractivity contribution in [3.05, 3.63) is 50.9 Å². The van der Waals surface area contributed by atoms with Crippen molar-refractivity contribution in [3.8, 4) is 0 Å². The van der Waals surface area contributed by atoms with Crippen molar-refractivity contribution in [2.45, 2.75) is 25.4 Å². The predicted molar refractivity (Wildman–Crippen MR) is 97.3 cm³/mol. The van der Waals surface area contributed by atoms with Crippen molar-refractivity contribution in [1.29, 1.82) is 0 Å². The van der Waals surface area contributed by atoms with Crippen LogP contribution >= 0.6 is 22.9 Å². The number of amides is 1. The molecule has 1 aromatic heterocycles. The largest absolute Gasteiger partial charge is 0.349 e. The molecule has 0 spiro atoms. The third-order valence-electron chi connectivity index (χ3n) is 4.23. The number of hydrogen-bond donors (Lipinski definition) is 2. The van der Waals surface area contributed by atoms with Crippen molar-refractivity contribution in [1.82, 2.24) is 15.2 Å². The second-order valence-electron chi connectivity index (χ2n) is 5.85. The van der Waals surface area contributed by atoms with E-state index in [0.29, 0.717) is 18.8 Å². The third kappa shape index (κ3) is 4.13. The molecule has 1 aromatic carbocycles. The highest BCUT2D eigenvalue weighted by molar-refractivity contribution is 7.09. The number of nitrogens with zero attached hydrogens (tertiary/aromatic N) is 2. The van der Waals surface area contributed by atoms with Crippen LogP contribution in [-0.2, 0) is 6.54 Å². The minimum atomic E-state index is -0.155. The van der Waals surface area contributed by atoms with Gasteiger partial charge >= 0.3 is 0 Å². The molecule has 0 bridgehead atoms. The topological polar surface area (TPSA) is 71.2 Å². The Hall–Kier alpha value is -1.47. The van der Waals surface area contributed by atoms with Gasteiger partial charge in [0.1, 0.15) is 10.7 Å². The maximum absolute atomic E-state index is 12.3. The number of nitrogens with one attached hydrogen (secondary N) is 1. The molecule has 3 rings (SSSR count). The molecule has 1 amide bonds. The summed E-state index contributed by atoms with van der Waals surface area (Å²) in [6.07, 6.45) is 2.38. The fourth-order valence-corrected chi connectivity index (χ4v) is 3.87. The van der Waals surface area contributed by atoms with E-state index >= 15 is 0 Å². The molecule has 1 fully saturated rings. The standard InChI is InChI=1S/C17H21ClN4OS/c18-13-5-3-4-12(8-13)15(22-6-1-2-7-22)10-20-17(23)14-11-24-16(9-19)21-14/h3-5,8,11,15H,1-2,6-7,9-10,19H2,(H,20,23). The minimum absolute atomic E-state index is 0.128. The molecule has 1 saturated heterocycles. The molecule has 1 unspecified atom stereocenters. The van der Waals surface area contributed by atoms with Gasteiger partial charge in [0.15, 0.2) is 0 Å². The van der Waals surface area contributed by atoms with E-state index < -0.39 is 0 Å². The van der Waals surface area contributed by atoms with Crippen LogP contribution in [0.2, 0.25) is 5.02 Å². The maximum atomic E-state index is 12.3. The van der Waals surface area contributed by atoms with Gasteiger partial charge in [0, 0.05) is 23.5 Å². The first-order chi connectivity index (χ1) is 11.7.